The van der Waals surface area contributed by atoms with Crippen LogP contribution in [0.5, 0.6) is 17.2 Å². The van der Waals surface area contributed by atoms with E-state index in [2.05, 4.69) is 71.1 Å². The number of pyridine rings is 2. The minimum Gasteiger partial charge on any atom is -0.496 e. The van der Waals surface area contributed by atoms with E-state index in [4.69, 9.17) is 67.8 Å². The normalized spacial score (nSPS) is 10.6. The number of amides is 5. The van der Waals surface area contributed by atoms with E-state index in [-0.39, 0.29) is 115 Å². The average molecular weight is 1720 g/mol. The second-order valence-electron chi connectivity index (χ2n) is 28.2. The molecule has 0 aliphatic heterocycles. The second-order valence-corrected chi connectivity index (χ2v) is 28.9. The summed E-state index contributed by atoms with van der Waals surface area (Å²) in [6.45, 7) is 11.2. The highest BCUT2D eigenvalue weighted by atomic mass is 35.5. The van der Waals surface area contributed by atoms with Gasteiger partial charge in [-0.25, -0.2) is 29.1 Å². The lowest BCUT2D eigenvalue weighted by molar-refractivity contribution is -0.384. The molecule has 0 saturated carbocycles. The van der Waals surface area contributed by atoms with Crippen molar-refractivity contribution < 1.29 is 76.4 Å². The van der Waals surface area contributed by atoms with Crippen LogP contribution in [0.25, 0.3) is 22.1 Å². The first-order chi connectivity index (χ1) is 58.6. The van der Waals surface area contributed by atoms with Crippen molar-refractivity contribution in [2.75, 3.05) is 104 Å². The minimum absolute atomic E-state index is 0.0274. The summed E-state index contributed by atoms with van der Waals surface area (Å²) in [7, 11) is 8.07. The number of Topliss-reactive ketones (excluding diaryl/α,β-unsaturated/α-hetero) is 2. The number of nitro groups is 1. The van der Waals surface area contributed by atoms with Crippen molar-refractivity contribution in [1.82, 2.24) is 53.7 Å². The molecular weight excluding hydrogens is 1610 g/mol. The molecule has 9 aromatic rings. The lowest BCUT2D eigenvalue weighted by Crippen LogP contribution is -2.38. The first kappa shape index (κ1) is 96.0. The molecule has 0 atom stereocenters. The largest absolute Gasteiger partial charge is 0.514 e. The van der Waals surface area contributed by atoms with E-state index in [1.54, 1.807) is 45.6 Å². The first-order valence-electron chi connectivity index (χ1n) is 39.6. The molecule has 0 bridgehead atoms. The van der Waals surface area contributed by atoms with Crippen molar-refractivity contribution in [2.45, 2.75) is 150 Å². The standard InChI is InChI=1S/C40H49ClN8O7.C25H31ClN6O3.C22H24N2O7/c1-27-23-43-32(28(2)35(27)54-5)25-49-24-29(34-36(41)45-38(42)46-37(34)49)15-13-14-22-55-39(52)47(3)20-21-48(4)40(53)56-26-31(50)18-11-6-7-12-19-33(51)44-30-16-9-8-10-17-30;1-6-7-11-31(4)25(33)35-12-9-8-10-18-14-32(23-20(18)22(26)29-24(27)30-23)15-19-17(3)21(34-5)16(2)13-28-19;25-19(16-30-22(27)31-20-14-12-18(13-15-20)24(28)29)10-6-1-2-7-11-21(26)23-17-8-4-3-5-9-17/h8-10,16-17,23-24H,6-7,11-12,14,18-22,25-26H2,1-5H3,(H,44,51)(H2,42,45,46);13-14H,6-7,9,11-12,15H2,1-5H3,(H2,27,29,30);3-5,8-9,12-15H,1-2,6-7,10-11,16H2,(H,23,26). The average Bonchev–Trinajstić information content (AvgIpc) is 1.63. The van der Waals surface area contributed by atoms with Gasteiger partial charge in [-0.05, 0) is 96.2 Å². The number of nitrogens with two attached hydrogens (primary N) is 2. The van der Waals surface area contributed by atoms with Crippen LogP contribution in [0.1, 0.15) is 154 Å². The van der Waals surface area contributed by atoms with Gasteiger partial charge in [-0.3, -0.25) is 39.3 Å². The number of hydrogen-bond acceptors (Lipinski definition) is 25. The maximum Gasteiger partial charge on any atom is 0.514 e. The van der Waals surface area contributed by atoms with Crippen LogP contribution in [0.15, 0.2) is 110 Å². The number of unbranched alkanes of at least 4 members (excludes halogenated alkanes) is 7. The summed E-state index contributed by atoms with van der Waals surface area (Å²) in [5.41, 5.74) is 20.9. The van der Waals surface area contributed by atoms with E-state index < -0.39 is 29.9 Å². The highest BCUT2D eigenvalue weighted by molar-refractivity contribution is 6.35. The molecule has 648 valence electrons. The molecule has 0 unspecified atom stereocenters. The van der Waals surface area contributed by atoms with Gasteiger partial charge in [0.15, 0.2) is 24.8 Å². The summed E-state index contributed by atoms with van der Waals surface area (Å²) in [4.78, 5) is 137. The number of carbonyl (C=O) groups is 8. The summed E-state index contributed by atoms with van der Waals surface area (Å²) >= 11 is 12.9. The van der Waals surface area contributed by atoms with E-state index >= 15 is 0 Å². The number of benzene rings is 3. The molecule has 0 aliphatic rings. The number of halogens is 2. The fourth-order valence-electron chi connectivity index (χ4n) is 12.1. The van der Waals surface area contributed by atoms with Crippen LogP contribution in [0.2, 0.25) is 10.3 Å². The van der Waals surface area contributed by atoms with Crippen LogP contribution in [-0.2, 0) is 51.2 Å². The fraction of sp³-hybridized carbons (Fsp3) is 0.402. The Balaban J connectivity index is 0.000000267. The predicted molar refractivity (Wildman–Crippen MR) is 463 cm³/mol. The molecule has 35 heteroatoms. The SMILES string of the molecule is CCCCN(C)C(=O)OCCC#Cc1cn(Cc2ncc(C)c(OC)c2C)c2nc(N)nc(Cl)c12.COc1c(C)cnc(Cn2cc(C#CCCOC(=O)N(C)CCN(C)C(=O)OCC(=O)CCCCCCC(=O)Nc3ccccc3)c3c(Cl)nc(N)nc32)c1C.O=C(CCCCCCC(=O)Nc1ccccc1)COC(=O)Oc1ccc([N+](=O)[O-])cc1. The topological polar surface area (TPSA) is 417 Å². The van der Waals surface area contributed by atoms with Gasteiger partial charge < -0.3 is 79.1 Å². The van der Waals surface area contributed by atoms with E-state index in [0.717, 1.165) is 108 Å². The Kier molecular flexibility index (Phi) is 39.4. The molecule has 6 N–H and O–H groups in total. The molecule has 0 aliphatic carbocycles. The number of nitro benzene ring substituents is 1. The number of anilines is 4. The molecule has 6 heterocycles. The molecule has 9 rings (SSSR count). The van der Waals surface area contributed by atoms with Crippen molar-refractivity contribution >= 4 is 122 Å². The summed E-state index contributed by atoms with van der Waals surface area (Å²) in [5, 5.41) is 17.8. The number of likely N-dealkylation sites (N-methyl/N-ethyl adjacent to an activating group) is 2. The van der Waals surface area contributed by atoms with Gasteiger partial charge in [0.2, 0.25) is 23.7 Å². The van der Waals surface area contributed by atoms with E-state index in [0.29, 0.717) is 84.9 Å². The molecule has 0 radical (unpaired) electrons. The van der Waals surface area contributed by atoms with Crippen LogP contribution in [0.4, 0.5) is 48.1 Å². The van der Waals surface area contributed by atoms with E-state index in [9.17, 15) is 48.5 Å². The Morgan fingerprint density at radius 2 is 0.926 bits per heavy atom. The Hall–Kier alpha value is -13.1. The lowest BCUT2D eigenvalue weighted by Gasteiger charge is -2.21. The molecule has 6 aromatic heterocycles. The number of aryl methyl sites for hydroxylation is 2. The Labute approximate surface area is 718 Å². The Morgan fingerprint density at radius 3 is 1.34 bits per heavy atom. The number of nitrogen functional groups attached to an aromatic ring is 2. The maximum atomic E-state index is 12.6. The zero-order chi connectivity index (χ0) is 88.6. The molecule has 3 aromatic carbocycles. The van der Waals surface area contributed by atoms with Gasteiger partial charge in [0.25, 0.3) is 5.69 Å². The third-order valence-electron chi connectivity index (χ3n) is 18.7. The summed E-state index contributed by atoms with van der Waals surface area (Å²) < 4.78 is 40.2. The van der Waals surface area contributed by atoms with Gasteiger partial charge in [0.05, 0.1) is 65.5 Å². The number of ether oxygens (including phenoxy) is 7. The number of rotatable bonds is 38. The maximum absolute atomic E-state index is 12.6. The quantitative estimate of drug-likeness (QED) is 0.00408. The van der Waals surface area contributed by atoms with Crippen molar-refractivity contribution in [3.8, 4) is 40.9 Å². The number of methoxy groups -OCH3 is 2. The Morgan fingerprint density at radius 1 is 0.525 bits per heavy atom. The zero-order valence-corrected chi connectivity index (χ0v) is 71.8. The number of non-ortho nitro benzene ring substituents is 1. The summed E-state index contributed by atoms with van der Waals surface area (Å²) in [6, 6.07) is 23.4. The van der Waals surface area contributed by atoms with Crippen LogP contribution in [0, 0.1) is 61.5 Å². The summed E-state index contributed by atoms with van der Waals surface area (Å²) in [5.74, 6) is 13.5. The van der Waals surface area contributed by atoms with E-state index in [1.165, 1.54) is 41.1 Å². The predicted octanol–water partition coefficient (Wildman–Crippen LogP) is 15.2. The number of nitrogens with zero attached hydrogens (tertiary/aromatic N) is 12. The van der Waals surface area contributed by atoms with Crippen molar-refractivity contribution in [1.29, 1.82) is 0 Å². The molecule has 122 heavy (non-hydrogen) atoms. The van der Waals surface area contributed by atoms with Crippen LogP contribution in [-0.4, -0.2) is 188 Å². The highest BCUT2D eigenvalue weighted by Gasteiger charge is 2.23. The van der Waals surface area contributed by atoms with Crippen LogP contribution >= 0.6 is 23.2 Å². The summed E-state index contributed by atoms with van der Waals surface area (Å²) in [6.07, 6.45) is 14.5. The van der Waals surface area contributed by atoms with Gasteiger partial charge in [-0.2, -0.15) is 9.97 Å². The van der Waals surface area contributed by atoms with Gasteiger partial charge >= 0.3 is 24.4 Å². The fourth-order valence-corrected chi connectivity index (χ4v) is 12.7. The molecule has 0 saturated heterocycles. The lowest BCUT2D eigenvalue weighted by atomic mass is 10.1. The molecule has 0 fully saturated rings. The number of carbonyl (C=O) groups excluding carboxylic acids is 8. The number of fused-ring (bicyclic) bond motifs is 2. The smallest absolute Gasteiger partial charge is 0.496 e. The van der Waals surface area contributed by atoms with Gasteiger partial charge in [0.1, 0.15) is 52.1 Å². The van der Waals surface area contributed by atoms with Crippen molar-refractivity contribution in [3.63, 3.8) is 0 Å². The van der Waals surface area contributed by atoms with E-state index in [1.807, 2.05) is 110 Å². The van der Waals surface area contributed by atoms with Crippen molar-refractivity contribution in [2.24, 2.45) is 0 Å². The minimum atomic E-state index is -1.05. The van der Waals surface area contributed by atoms with Gasteiger partial charge in [-0.1, -0.05) is 122 Å². The van der Waals surface area contributed by atoms with Crippen LogP contribution < -0.4 is 36.3 Å². The van der Waals surface area contributed by atoms with Crippen molar-refractivity contribution in [3.05, 3.63) is 175 Å². The number of nitrogens with one attached hydrogen (secondary N) is 2. The number of aromatic nitrogens is 8. The second kappa shape index (κ2) is 50.1. The first-order valence-corrected chi connectivity index (χ1v) is 40.4. The zero-order valence-electron chi connectivity index (χ0n) is 70.3. The van der Waals surface area contributed by atoms with Crippen LogP contribution in [0.3, 0.4) is 0 Å². The molecule has 33 nitrogen and oxygen atoms in total. The third-order valence-corrected chi connectivity index (χ3v) is 19.3. The third kappa shape index (κ3) is 31.2. The number of hydrogen-bond donors (Lipinski definition) is 4. The number of para-hydroxylation sites is 2. The molecule has 5 amide bonds. The monoisotopic (exact) mass is 1710 g/mol. The molecule has 0 spiro atoms. The highest BCUT2D eigenvalue weighted by Crippen LogP contribution is 2.32. The van der Waals surface area contributed by atoms with Gasteiger partial charge in [0, 0.05) is 150 Å². The Bertz CT molecular complexity index is 5200. The molecular formula is C87H104Cl2N16O17. The van der Waals surface area contributed by atoms with Gasteiger partial charge in [-0.15, -0.1) is 0 Å². The number of ketones is 2.